The maximum atomic E-state index is 11.3. The molecule has 0 bridgehead atoms. The Morgan fingerprint density at radius 2 is 2.08 bits per heavy atom. The monoisotopic (exact) mass is 176 g/mol. The van der Waals surface area contributed by atoms with E-state index in [1.165, 1.54) is 19.3 Å². The van der Waals surface area contributed by atoms with Crippen LogP contribution in [-0.4, -0.2) is 18.0 Å². The van der Waals surface area contributed by atoms with Crippen LogP contribution in [0.4, 0.5) is 0 Å². The number of hydrogen-bond donors (Lipinski definition) is 1. The van der Waals surface area contributed by atoms with Gasteiger partial charge in [0.15, 0.2) is 17.3 Å². The predicted octanol–water partition coefficient (Wildman–Crippen LogP) is 1.61. The predicted molar refractivity (Wildman–Crippen MR) is 48.0 cm³/mol. The summed E-state index contributed by atoms with van der Waals surface area (Å²) in [5, 5.41) is 9.39. The molecule has 1 aromatic rings. The summed E-state index contributed by atoms with van der Waals surface area (Å²) >= 11 is 0. The van der Waals surface area contributed by atoms with Gasteiger partial charge in [-0.15, -0.1) is 0 Å². The SMILES string of the molecule is COc1c(O)ccc2c1C(=O)C=C2. The van der Waals surface area contributed by atoms with E-state index in [4.69, 9.17) is 4.74 Å². The van der Waals surface area contributed by atoms with E-state index in [0.29, 0.717) is 5.56 Å². The van der Waals surface area contributed by atoms with Crippen molar-refractivity contribution < 1.29 is 14.6 Å². The largest absolute Gasteiger partial charge is 0.504 e. The maximum Gasteiger partial charge on any atom is 0.190 e. The van der Waals surface area contributed by atoms with Crippen LogP contribution in [0.5, 0.6) is 11.5 Å². The number of phenols is 1. The minimum absolute atomic E-state index is 0.00157. The number of benzene rings is 1. The Kier molecular flexibility index (Phi) is 1.59. The third-order valence-corrected chi connectivity index (χ3v) is 2.03. The van der Waals surface area contributed by atoms with Crippen molar-refractivity contribution in [1.29, 1.82) is 0 Å². The summed E-state index contributed by atoms with van der Waals surface area (Å²) in [5.41, 5.74) is 1.24. The lowest BCUT2D eigenvalue weighted by Crippen LogP contribution is -1.97. The summed E-state index contributed by atoms with van der Waals surface area (Å²) in [6, 6.07) is 3.20. The first kappa shape index (κ1) is 7.86. The Hall–Kier alpha value is -1.77. The normalized spacial score (nSPS) is 13.2. The Labute approximate surface area is 75.3 Å². The number of fused-ring (bicyclic) bond motifs is 1. The van der Waals surface area contributed by atoms with Gasteiger partial charge in [0.2, 0.25) is 0 Å². The second kappa shape index (κ2) is 2.62. The maximum absolute atomic E-state index is 11.3. The van der Waals surface area contributed by atoms with Gasteiger partial charge in [0.05, 0.1) is 12.7 Å². The van der Waals surface area contributed by atoms with Gasteiger partial charge in [-0.25, -0.2) is 0 Å². The van der Waals surface area contributed by atoms with Crippen molar-refractivity contribution in [1.82, 2.24) is 0 Å². The Morgan fingerprint density at radius 3 is 2.77 bits per heavy atom. The van der Waals surface area contributed by atoms with Gasteiger partial charge in [0.25, 0.3) is 0 Å². The lowest BCUT2D eigenvalue weighted by Gasteiger charge is -2.07. The highest BCUT2D eigenvalue weighted by atomic mass is 16.5. The van der Waals surface area contributed by atoms with Gasteiger partial charge in [-0.3, -0.25) is 4.79 Å². The molecule has 0 saturated heterocycles. The van der Waals surface area contributed by atoms with Gasteiger partial charge >= 0.3 is 0 Å². The zero-order chi connectivity index (χ0) is 9.42. The highest BCUT2D eigenvalue weighted by molar-refractivity contribution is 6.15. The molecule has 13 heavy (non-hydrogen) atoms. The molecule has 0 aliphatic heterocycles. The number of phenolic OH excluding ortho intramolecular Hbond substituents is 1. The first-order valence-corrected chi connectivity index (χ1v) is 3.86. The van der Waals surface area contributed by atoms with Crippen LogP contribution in [0.1, 0.15) is 15.9 Å². The highest BCUT2D eigenvalue weighted by Crippen LogP contribution is 2.36. The second-order valence-corrected chi connectivity index (χ2v) is 2.78. The lowest BCUT2D eigenvalue weighted by molar-refractivity contribution is 0.104. The molecule has 1 aliphatic rings. The van der Waals surface area contributed by atoms with Crippen molar-refractivity contribution in [2.24, 2.45) is 0 Å². The average Bonchev–Trinajstić information content (AvgIpc) is 2.49. The van der Waals surface area contributed by atoms with Gasteiger partial charge in [0.1, 0.15) is 0 Å². The second-order valence-electron chi connectivity index (χ2n) is 2.78. The number of aromatic hydroxyl groups is 1. The third-order valence-electron chi connectivity index (χ3n) is 2.03. The zero-order valence-corrected chi connectivity index (χ0v) is 7.07. The highest BCUT2D eigenvalue weighted by Gasteiger charge is 2.21. The van der Waals surface area contributed by atoms with Crippen LogP contribution in [0.15, 0.2) is 18.2 Å². The molecule has 66 valence electrons. The van der Waals surface area contributed by atoms with E-state index in [-0.39, 0.29) is 17.3 Å². The van der Waals surface area contributed by atoms with Crippen molar-refractivity contribution in [3.63, 3.8) is 0 Å². The summed E-state index contributed by atoms with van der Waals surface area (Å²) in [4.78, 5) is 11.3. The van der Waals surface area contributed by atoms with E-state index >= 15 is 0 Å². The molecule has 0 aromatic heterocycles. The number of ketones is 1. The summed E-state index contributed by atoms with van der Waals surface area (Å²) in [6.07, 6.45) is 3.17. The van der Waals surface area contributed by atoms with Crippen molar-refractivity contribution in [2.45, 2.75) is 0 Å². The van der Waals surface area contributed by atoms with Crippen LogP contribution < -0.4 is 4.74 Å². The Balaban J connectivity index is 2.71. The summed E-state index contributed by atoms with van der Waals surface area (Å²) < 4.78 is 4.95. The first-order chi connectivity index (χ1) is 6.24. The van der Waals surface area contributed by atoms with E-state index < -0.39 is 0 Å². The molecule has 0 atom stereocenters. The minimum atomic E-state index is -0.122. The lowest BCUT2D eigenvalue weighted by atomic mass is 10.1. The summed E-state index contributed by atoms with van der Waals surface area (Å²) in [7, 11) is 1.43. The number of methoxy groups -OCH3 is 1. The molecule has 0 amide bonds. The molecule has 1 aliphatic carbocycles. The molecule has 1 N–H and O–H groups in total. The quantitative estimate of drug-likeness (QED) is 0.707. The van der Waals surface area contributed by atoms with E-state index in [9.17, 15) is 9.90 Å². The standard InChI is InChI=1S/C10H8O3/c1-13-10-8(12)5-3-6-2-4-7(11)9(6)10/h2-5,12H,1H3. The smallest absolute Gasteiger partial charge is 0.190 e. The van der Waals surface area contributed by atoms with Crippen LogP contribution in [0.3, 0.4) is 0 Å². The van der Waals surface area contributed by atoms with Crippen LogP contribution in [0.2, 0.25) is 0 Å². The van der Waals surface area contributed by atoms with Crippen LogP contribution in [0, 0.1) is 0 Å². The number of rotatable bonds is 1. The van der Waals surface area contributed by atoms with Crippen molar-refractivity contribution in [3.8, 4) is 11.5 Å². The number of allylic oxidation sites excluding steroid dienone is 1. The molecule has 3 nitrogen and oxygen atoms in total. The molecule has 0 unspecified atom stereocenters. The number of ether oxygens (including phenoxy) is 1. The van der Waals surface area contributed by atoms with E-state index in [1.807, 2.05) is 0 Å². The molecule has 0 fully saturated rings. The van der Waals surface area contributed by atoms with Gasteiger partial charge in [-0.1, -0.05) is 12.1 Å². The number of carbonyl (C=O) groups excluding carboxylic acids is 1. The van der Waals surface area contributed by atoms with Gasteiger partial charge < -0.3 is 9.84 Å². The van der Waals surface area contributed by atoms with E-state index in [0.717, 1.165) is 5.56 Å². The zero-order valence-electron chi connectivity index (χ0n) is 7.07. The number of hydrogen-bond acceptors (Lipinski definition) is 3. The summed E-state index contributed by atoms with van der Waals surface area (Å²) in [5.74, 6) is 0.133. The Bertz CT molecular complexity index is 405. The van der Waals surface area contributed by atoms with Gasteiger partial charge in [0, 0.05) is 0 Å². The molecule has 0 saturated carbocycles. The van der Waals surface area contributed by atoms with Crippen molar-refractivity contribution in [2.75, 3.05) is 7.11 Å². The molecule has 0 radical (unpaired) electrons. The van der Waals surface area contributed by atoms with Crippen LogP contribution in [-0.2, 0) is 0 Å². The third kappa shape index (κ3) is 1.01. The fourth-order valence-corrected chi connectivity index (χ4v) is 1.44. The fraction of sp³-hybridized carbons (Fsp3) is 0.100. The van der Waals surface area contributed by atoms with Crippen molar-refractivity contribution >= 4 is 11.9 Å². The molecule has 0 heterocycles. The van der Waals surface area contributed by atoms with Gasteiger partial charge in [-0.05, 0) is 17.7 Å². The molecule has 0 spiro atoms. The minimum Gasteiger partial charge on any atom is -0.504 e. The Morgan fingerprint density at radius 1 is 1.31 bits per heavy atom. The average molecular weight is 176 g/mol. The van der Waals surface area contributed by atoms with Crippen LogP contribution in [0.25, 0.3) is 6.08 Å². The van der Waals surface area contributed by atoms with E-state index in [1.54, 1.807) is 12.1 Å². The first-order valence-electron chi connectivity index (χ1n) is 3.86. The van der Waals surface area contributed by atoms with Crippen LogP contribution >= 0.6 is 0 Å². The van der Waals surface area contributed by atoms with E-state index in [2.05, 4.69) is 0 Å². The topological polar surface area (TPSA) is 46.5 Å². The fourth-order valence-electron chi connectivity index (χ4n) is 1.44. The molecule has 3 heteroatoms. The van der Waals surface area contributed by atoms with Crippen molar-refractivity contribution in [3.05, 3.63) is 29.3 Å². The molecular weight excluding hydrogens is 168 g/mol. The number of carbonyl (C=O) groups is 1. The van der Waals surface area contributed by atoms with Gasteiger partial charge in [-0.2, -0.15) is 0 Å². The summed E-state index contributed by atoms with van der Waals surface area (Å²) in [6.45, 7) is 0. The molecule has 1 aromatic carbocycles. The molecular formula is C10H8O3. The molecule has 2 rings (SSSR count).